The molecule has 4 heteroatoms. The van der Waals surface area contributed by atoms with Crippen LogP contribution in [0.25, 0.3) is 0 Å². The van der Waals surface area contributed by atoms with E-state index in [2.05, 4.69) is 33.0 Å². The van der Waals surface area contributed by atoms with E-state index < -0.39 is 5.97 Å². The van der Waals surface area contributed by atoms with Crippen LogP contribution in [0.15, 0.2) is 18.2 Å². The van der Waals surface area contributed by atoms with Crippen molar-refractivity contribution in [3.8, 4) is 0 Å². The lowest BCUT2D eigenvalue weighted by atomic mass is 10.0. The Morgan fingerprint density at radius 2 is 1.90 bits per heavy atom. The minimum Gasteiger partial charge on any atom is -0.465 e. The van der Waals surface area contributed by atoms with Gasteiger partial charge in [-0.2, -0.15) is 0 Å². The Hall–Kier alpha value is -1.71. The number of ether oxygens (including phenoxy) is 1. The molecular weight excluding hydrogens is 252 g/mol. The molecule has 1 aliphatic rings. The Morgan fingerprint density at radius 3 is 2.40 bits per heavy atom. The van der Waals surface area contributed by atoms with Gasteiger partial charge in [-0.25, -0.2) is 4.79 Å². The summed E-state index contributed by atoms with van der Waals surface area (Å²) < 4.78 is 4.73. The first-order chi connectivity index (χ1) is 9.21. The third-order valence-corrected chi connectivity index (χ3v) is 5.29. The molecule has 3 N–H and O–H groups in total. The van der Waals surface area contributed by atoms with Gasteiger partial charge >= 0.3 is 5.97 Å². The maximum absolute atomic E-state index is 11.6. The van der Waals surface area contributed by atoms with Crippen molar-refractivity contribution in [2.24, 2.45) is 16.7 Å². The summed E-state index contributed by atoms with van der Waals surface area (Å²) in [6.45, 7) is 10.1. The van der Waals surface area contributed by atoms with Crippen molar-refractivity contribution in [1.82, 2.24) is 0 Å². The molecular formula is C16H24N2O2. The largest absolute Gasteiger partial charge is 0.465 e. The number of carbonyl (C=O) groups is 1. The second-order valence-corrected chi connectivity index (χ2v) is 6.67. The van der Waals surface area contributed by atoms with Crippen LogP contribution in [0, 0.1) is 16.7 Å². The highest BCUT2D eigenvalue weighted by atomic mass is 16.5. The van der Waals surface area contributed by atoms with Gasteiger partial charge in [0.05, 0.1) is 12.7 Å². The van der Waals surface area contributed by atoms with Crippen LogP contribution < -0.4 is 11.1 Å². The number of methoxy groups -OCH3 is 1. The molecule has 0 aromatic heterocycles. The predicted octanol–water partition coefficient (Wildman–Crippen LogP) is 3.15. The lowest BCUT2D eigenvalue weighted by Crippen LogP contribution is -2.10. The summed E-state index contributed by atoms with van der Waals surface area (Å²) in [5.41, 5.74) is 8.23. The summed E-state index contributed by atoms with van der Waals surface area (Å²) in [6.07, 6.45) is 0. The van der Waals surface area contributed by atoms with E-state index in [0.29, 0.717) is 28.0 Å². The molecule has 0 radical (unpaired) electrons. The number of nitrogen functional groups attached to an aromatic ring is 1. The highest BCUT2D eigenvalue weighted by molar-refractivity contribution is 5.96. The second kappa shape index (κ2) is 4.69. The first kappa shape index (κ1) is 14.7. The SMILES string of the molecule is COC(=O)c1cc(NCC2C(C)(C)C2(C)C)ccc1N. The molecule has 0 aliphatic heterocycles. The Balaban J connectivity index is 2.07. The van der Waals surface area contributed by atoms with Gasteiger partial charge in [-0.3, -0.25) is 0 Å². The molecule has 110 valence electrons. The van der Waals surface area contributed by atoms with Gasteiger partial charge in [-0.1, -0.05) is 27.7 Å². The average molecular weight is 276 g/mol. The van der Waals surface area contributed by atoms with Crippen molar-refractivity contribution in [3.63, 3.8) is 0 Å². The molecule has 1 saturated carbocycles. The van der Waals surface area contributed by atoms with Crippen LogP contribution in [0.2, 0.25) is 0 Å². The number of hydrogen-bond acceptors (Lipinski definition) is 4. The van der Waals surface area contributed by atoms with Crippen molar-refractivity contribution >= 4 is 17.3 Å². The lowest BCUT2D eigenvalue weighted by Gasteiger charge is -2.10. The van der Waals surface area contributed by atoms with Crippen LogP contribution >= 0.6 is 0 Å². The number of hydrogen-bond donors (Lipinski definition) is 2. The topological polar surface area (TPSA) is 64.3 Å². The standard InChI is InChI=1S/C16H24N2O2/c1-15(2)13(16(15,3)4)9-18-10-6-7-12(17)11(8-10)14(19)20-5/h6-8,13,18H,9,17H2,1-5H3. The van der Waals surface area contributed by atoms with Crippen LogP contribution in [0.5, 0.6) is 0 Å². The van der Waals surface area contributed by atoms with Crippen LogP contribution in [-0.2, 0) is 4.74 Å². The number of nitrogens with one attached hydrogen (secondary N) is 1. The first-order valence-electron chi connectivity index (χ1n) is 6.93. The maximum Gasteiger partial charge on any atom is 0.340 e. The highest BCUT2D eigenvalue weighted by Crippen LogP contribution is 2.68. The fourth-order valence-electron chi connectivity index (χ4n) is 3.02. The molecule has 0 saturated heterocycles. The van der Waals surface area contributed by atoms with Gasteiger partial charge in [0.2, 0.25) is 0 Å². The van der Waals surface area contributed by atoms with Gasteiger partial charge in [-0.05, 0) is 34.9 Å². The third-order valence-electron chi connectivity index (χ3n) is 5.29. The zero-order valence-electron chi connectivity index (χ0n) is 12.9. The molecule has 0 bridgehead atoms. The van der Waals surface area contributed by atoms with E-state index in [1.54, 1.807) is 12.1 Å². The highest BCUT2D eigenvalue weighted by Gasteiger charge is 2.63. The molecule has 0 unspecified atom stereocenters. The normalized spacial score (nSPS) is 19.4. The zero-order valence-corrected chi connectivity index (χ0v) is 12.9. The number of nitrogens with two attached hydrogens (primary N) is 1. The number of esters is 1. The van der Waals surface area contributed by atoms with Crippen LogP contribution in [-0.4, -0.2) is 19.6 Å². The summed E-state index contributed by atoms with van der Waals surface area (Å²) in [5.74, 6) is 0.215. The van der Waals surface area contributed by atoms with Gasteiger partial charge in [0.15, 0.2) is 0 Å². The Bertz CT molecular complexity index is 521. The summed E-state index contributed by atoms with van der Waals surface area (Å²) >= 11 is 0. The number of carbonyl (C=O) groups excluding carboxylic acids is 1. The Morgan fingerprint density at radius 1 is 1.30 bits per heavy atom. The number of anilines is 2. The smallest absolute Gasteiger partial charge is 0.340 e. The Labute approximate surface area is 120 Å². The minimum atomic E-state index is -0.404. The van der Waals surface area contributed by atoms with E-state index in [4.69, 9.17) is 10.5 Å². The maximum atomic E-state index is 11.6. The third kappa shape index (κ3) is 2.23. The van der Waals surface area contributed by atoms with E-state index in [1.807, 2.05) is 6.07 Å². The summed E-state index contributed by atoms with van der Waals surface area (Å²) in [6, 6.07) is 5.38. The lowest BCUT2D eigenvalue weighted by molar-refractivity contribution is 0.0602. The van der Waals surface area contributed by atoms with Crippen molar-refractivity contribution in [2.45, 2.75) is 27.7 Å². The molecule has 0 atom stereocenters. The minimum absolute atomic E-state index is 0.346. The van der Waals surface area contributed by atoms with Crippen molar-refractivity contribution < 1.29 is 9.53 Å². The zero-order chi connectivity index (χ0) is 15.1. The number of benzene rings is 1. The van der Waals surface area contributed by atoms with Crippen LogP contribution in [0.1, 0.15) is 38.1 Å². The molecule has 1 aromatic carbocycles. The molecule has 1 aromatic rings. The van der Waals surface area contributed by atoms with Gasteiger partial charge < -0.3 is 15.8 Å². The van der Waals surface area contributed by atoms with E-state index in [-0.39, 0.29) is 0 Å². The first-order valence-corrected chi connectivity index (χ1v) is 6.93. The Kier molecular flexibility index (Phi) is 3.44. The van der Waals surface area contributed by atoms with E-state index in [9.17, 15) is 4.79 Å². The summed E-state index contributed by atoms with van der Waals surface area (Å²) in [7, 11) is 1.36. The molecule has 1 fully saturated rings. The van der Waals surface area contributed by atoms with Gasteiger partial charge in [-0.15, -0.1) is 0 Å². The quantitative estimate of drug-likeness (QED) is 0.655. The molecule has 4 nitrogen and oxygen atoms in total. The fraction of sp³-hybridized carbons (Fsp3) is 0.562. The van der Waals surface area contributed by atoms with Gasteiger partial charge in [0, 0.05) is 17.9 Å². The molecule has 1 aliphatic carbocycles. The van der Waals surface area contributed by atoms with Crippen molar-refractivity contribution in [2.75, 3.05) is 24.7 Å². The van der Waals surface area contributed by atoms with E-state index in [0.717, 1.165) is 12.2 Å². The molecule has 0 heterocycles. The van der Waals surface area contributed by atoms with Gasteiger partial charge in [0.1, 0.15) is 0 Å². The fourth-order valence-corrected chi connectivity index (χ4v) is 3.02. The monoisotopic (exact) mass is 276 g/mol. The molecule has 0 amide bonds. The van der Waals surface area contributed by atoms with Crippen LogP contribution in [0.3, 0.4) is 0 Å². The molecule has 2 rings (SSSR count). The van der Waals surface area contributed by atoms with Crippen molar-refractivity contribution in [1.29, 1.82) is 0 Å². The predicted molar refractivity (Wildman–Crippen MR) is 81.7 cm³/mol. The number of rotatable bonds is 4. The molecule has 20 heavy (non-hydrogen) atoms. The second-order valence-electron chi connectivity index (χ2n) is 6.67. The summed E-state index contributed by atoms with van der Waals surface area (Å²) in [5, 5.41) is 3.40. The van der Waals surface area contributed by atoms with Crippen molar-refractivity contribution in [3.05, 3.63) is 23.8 Å². The average Bonchev–Trinajstić information content (AvgIpc) is 2.78. The van der Waals surface area contributed by atoms with Crippen LogP contribution in [0.4, 0.5) is 11.4 Å². The summed E-state index contributed by atoms with van der Waals surface area (Å²) in [4.78, 5) is 11.6. The van der Waals surface area contributed by atoms with E-state index in [1.165, 1.54) is 7.11 Å². The molecule has 0 spiro atoms. The van der Waals surface area contributed by atoms with Gasteiger partial charge in [0.25, 0.3) is 0 Å². The van der Waals surface area contributed by atoms with E-state index >= 15 is 0 Å².